The molecule has 1 saturated heterocycles. The first kappa shape index (κ1) is 15.3. The van der Waals surface area contributed by atoms with Crippen LogP contribution in [-0.2, 0) is 16.8 Å². The Labute approximate surface area is 129 Å². The summed E-state index contributed by atoms with van der Waals surface area (Å²) in [5.41, 5.74) is 0.595. The predicted molar refractivity (Wildman–Crippen MR) is 79.0 cm³/mol. The van der Waals surface area contributed by atoms with Crippen LogP contribution in [0.25, 0.3) is 0 Å². The molecule has 0 bridgehead atoms. The van der Waals surface area contributed by atoms with E-state index in [-0.39, 0.29) is 12.6 Å². The number of aryl methyl sites for hydroxylation is 1. The van der Waals surface area contributed by atoms with Gasteiger partial charge in [0, 0.05) is 19.7 Å². The lowest BCUT2D eigenvalue weighted by atomic mass is 10.2. The second kappa shape index (κ2) is 5.86. The van der Waals surface area contributed by atoms with Gasteiger partial charge in [-0.2, -0.15) is 17.0 Å². The largest absolute Gasteiger partial charge is 0.468 e. The summed E-state index contributed by atoms with van der Waals surface area (Å²) in [5, 5.41) is 3.85. The van der Waals surface area contributed by atoms with Gasteiger partial charge in [-0.25, -0.2) is 0 Å². The molecule has 22 heavy (non-hydrogen) atoms. The van der Waals surface area contributed by atoms with Gasteiger partial charge in [-0.15, -0.1) is 0 Å². The molecule has 1 atom stereocenters. The second-order valence-corrected chi connectivity index (χ2v) is 7.46. The summed E-state index contributed by atoms with van der Waals surface area (Å²) in [6, 6.07) is 5.10. The van der Waals surface area contributed by atoms with E-state index in [1.165, 1.54) is 8.61 Å². The predicted octanol–water partition coefficient (Wildman–Crippen LogP) is 2.09. The molecule has 2 aromatic heterocycles. The third kappa shape index (κ3) is 2.81. The van der Waals surface area contributed by atoms with Gasteiger partial charge in [-0.05, 0) is 31.9 Å². The van der Waals surface area contributed by atoms with Crippen LogP contribution in [0.3, 0.4) is 0 Å². The lowest BCUT2D eigenvalue weighted by molar-refractivity contribution is 0.308. The smallest absolute Gasteiger partial charge is 0.282 e. The molecule has 1 aliphatic rings. The van der Waals surface area contributed by atoms with E-state index in [1.807, 2.05) is 6.07 Å². The Balaban J connectivity index is 1.79. The lowest BCUT2D eigenvalue weighted by Gasteiger charge is -2.27. The van der Waals surface area contributed by atoms with Crippen molar-refractivity contribution in [1.29, 1.82) is 0 Å². The number of hydrogen-bond acceptors (Lipinski definition) is 5. The summed E-state index contributed by atoms with van der Waals surface area (Å²) in [6.45, 7) is 2.45. The molecule has 3 heterocycles. The zero-order chi connectivity index (χ0) is 15.7. The minimum absolute atomic E-state index is 0.182. The number of hydrogen-bond donors (Lipinski definition) is 0. The summed E-state index contributed by atoms with van der Waals surface area (Å²) < 4.78 is 38.8. The molecule has 0 amide bonds. The molecule has 0 N–H and O–H groups in total. The van der Waals surface area contributed by atoms with E-state index in [4.69, 9.17) is 8.94 Å². The highest BCUT2D eigenvalue weighted by Crippen LogP contribution is 2.35. The molecule has 1 aliphatic heterocycles. The Morgan fingerprint density at radius 3 is 2.95 bits per heavy atom. The Hall–Kier alpha value is -1.64. The van der Waals surface area contributed by atoms with Gasteiger partial charge in [-0.1, -0.05) is 5.16 Å². The molecule has 0 aliphatic carbocycles. The van der Waals surface area contributed by atoms with E-state index in [0.29, 0.717) is 23.8 Å². The van der Waals surface area contributed by atoms with Crippen molar-refractivity contribution in [1.82, 2.24) is 13.8 Å². The van der Waals surface area contributed by atoms with Crippen LogP contribution < -0.4 is 0 Å². The maximum atomic E-state index is 12.8. The Morgan fingerprint density at radius 1 is 1.50 bits per heavy atom. The van der Waals surface area contributed by atoms with E-state index < -0.39 is 10.2 Å². The summed E-state index contributed by atoms with van der Waals surface area (Å²) >= 11 is 0. The Bertz CT molecular complexity index is 723. The zero-order valence-corrected chi connectivity index (χ0v) is 13.4. The first-order chi connectivity index (χ1) is 10.5. The zero-order valence-electron chi connectivity index (χ0n) is 12.6. The number of aromatic nitrogens is 1. The quantitative estimate of drug-likeness (QED) is 0.841. The molecule has 2 aromatic rings. The molecule has 120 valence electrons. The van der Waals surface area contributed by atoms with Crippen molar-refractivity contribution in [3.8, 4) is 0 Å². The fraction of sp³-hybridized carbons (Fsp3) is 0.500. The van der Waals surface area contributed by atoms with E-state index in [0.717, 1.165) is 12.8 Å². The van der Waals surface area contributed by atoms with E-state index in [9.17, 15) is 8.42 Å². The summed E-state index contributed by atoms with van der Waals surface area (Å²) in [4.78, 5) is 0. The molecule has 0 radical (unpaired) electrons. The fourth-order valence-corrected chi connectivity index (χ4v) is 4.31. The molecule has 0 aromatic carbocycles. The highest BCUT2D eigenvalue weighted by molar-refractivity contribution is 7.86. The second-order valence-electron chi connectivity index (χ2n) is 5.48. The highest BCUT2D eigenvalue weighted by Gasteiger charge is 2.39. The number of nitrogens with zero attached hydrogens (tertiary/aromatic N) is 3. The third-order valence-electron chi connectivity index (χ3n) is 3.83. The van der Waals surface area contributed by atoms with Gasteiger partial charge >= 0.3 is 0 Å². The molecule has 3 rings (SSSR count). The van der Waals surface area contributed by atoms with Crippen molar-refractivity contribution in [3.63, 3.8) is 0 Å². The van der Waals surface area contributed by atoms with Crippen LogP contribution in [0.4, 0.5) is 0 Å². The Morgan fingerprint density at radius 2 is 2.32 bits per heavy atom. The van der Waals surface area contributed by atoms with Crippen molar-refractivity contribution in [2.45, 2.75) is 32.4 Å². The minimum Gasteiger partial charge on any atom is -0.468 e. The minimum atomic E-state index is -3.58. The number of furan rings is 1. The van der Waals surface area contributed by atoms with Gasteiger partial charge in [-0.3, -0.25) is 0 Å². The first-order valence-electron chi connectivity index (χ1n) is 7.17. The van der Waals surface area contributed by atoms with Gasteiger partial charge in [0.15, 0.2) is 0 Å². The molecule has 0 spiro atoms. The molecule has 7 nitrogen and oxygen atoms in total. The van der Waals surface area contributed by atoms with E-state index in [1.54, 1.807) is 32.4 Å². The molecule has 0 saturated carbocycles. The van der Waals surface area contributed by atoms with Crippen molar-refractivity contribution >= 4 is 10.2 Å². The molecular weight excluding hydrogens is 306 g/mol. The summed E-state index contributed by atoms with van der Waals surface area (Å²) in [5.74, 6) is 1.35. The van der Waals surface area contributed by atoms with Gasteiger partial charge in [0.1, 0.15) is 11.5 Å². The average molecular weight is 325 g/mol. The molecular formula is C14H19N3O4S. The normalized spacial score (nSPS) is 20.0. The van der Waals surface area contributed by atoms with Gasteiger partial charge in [0.2, 0.25) is 0 Å². The van der Waals surface area contributed by atoms with Crippen LogP contribution in [0.2, 0.25) is 0 Å². The standard InChI is InChI=1S/C14H19N3O4S/c1-11-9-12(15-21-11)10-16(2)22(18,19)17-7-3-5-13(17)14-6-4-8-20-14/h4,6,8-9,13H,3,5,7,10H2,1-2H3/t13-/m0/s1. The maximum absolute atomic E-state index is 12.8. The van der Waals surface area contributed by atoms with Crippen molar-refractivity contribution < 1.29 is 17.4 Å². The topological polar surface area (TPSA) is 79.8 Å². The molecule has 8 heteroatoms. The monoisotopic (exact) mass is 325 g/mol. The summed E-state index contributed by atoms with van der Waals surface area (Å²) in [6.07, 6.45) is 3.16. The van der Waals surface area contributed by atoms with Crippen LogP contribution in [0.15, 0.2) is 33.4 Å². The Kier molecular flexibility index (Phi) is 4.07. The van der Waals surface area contributed by atoms with Crippen molar-refractivity contribution in [2.75, 3.05) is 13.6 Å². The van der Waals surface area contributed by atoms with Gasteiger partial charge in [0.05, 0.1) is 24.5 Å². The van der Waals surface area contributed by atoms with Gasteiger partial charge in [0.25, 0.3) is 10.2 Å². The first-order valence-corrected chi connectivity index (χ1v) is 8.57. The summed E-state index contributed by atoms with van der Waals surface area (Å²) in [7, 11) is -2.03. The van der Waals surface area contributed by atoms with Crippen molar-refractivity contribution in [3.05, 3.63) is 41.7 Å². The third-order valence-corrected chi connectivity index (χ3v) is 5.77. The van der Waals surface area contributed by atoms with Crippen LogP contribution in [0.1, 0.15) is 36.1 Å². The van der Waals surface area contributed by atoms with Crippen LogP contribution in [0.5, 0.6) is 0 Å². The van der Waals surface area contributed by atoms with E-state index in [2.05, 4.69) is 5.16 Å². The van der Waals surface area contributed by atoms with E-state index >= 15 is 0 Å². The average Bonchev–Trinajstić information content (AvgIpc) is 3.18. The maximum Gasteiger partial charge on any atom is 0.282 e. The van der Waals surface area contributed by atoms with Gasteiger partial charge < -0.3 is 8.94 Å². The molecule has 1 fully saturated rings. The van der Waals surface area contributed by atoms with Crippen LogP contribution >= 0.6 is 0 Å². The van der Waals surface area contributed by atoms with Crippen molar-refractivity contribution in [2.24, 2.45) is 0 Å². The lowest BCUT2D eigenvalue weighted by Crippen LogP contribution is -2.41. The molecule has 0 unspecified atom stereocenters. The van der Waals surface area contributed by atoms with Crippen LogP contribution in [-0.4, -0.2) is 35.8 Å². The highest BCUT2D eigenvalue weighted by atomic mass is 32.2. The van der Waals surface area contributed by atoms with Crippen LogP contribution in [0, 0.1) is 6.92 Å². The fourth-order valence-electron chi connectivity index (χ4n) is 2.76. The number of rotatable bonds is 5. The SMILES string of the molecule is Cc1cc(CN(C)S(=O)(=O)N2CCC[C@H]2c2ccco2)no1.